The topological polar surface area (TPSA) is 75.9 Å². The van der Waals surface area contributed by atoms with Gasteiger partial charge in [0.2, 0.25) is 0 Å². The van der Waals surface area contributed by atoms with Gasteiger partial charge in [0.15, 0.2) is 0 Å². The van der Waals surface area contributed by atoms with Crippen LogP contribution < -0.4 is 16.6 Å². The normalized spacial score (nSPS) is 18.1. The van der Waals surface area contributed by atoms with Gasteiger partial charge in [-0.3, -0.25) is 0 Å². The number of nitrogens with one attached hydrogen (secondary N) is 2. The Morgan fingerprint density at radius 3 is 2.53 bits per heavy atom. The molecule has 1 aromatic heterocycles. The standard InChI is InChI=1S/C10H17N5/c1-7-8(12-6-13-9(7)15-11)14-10(2)4-3-5-10/h6H,3-5,11H2,1-2H3,(H2,12,13,14,15). The molecule has 1 aliphatic carbocycles. The Kier molecular flexibility index (Phi) is 2.48. The number of hydrogen-bond acceptors (Lipinski definition) is 5. The van der Waals surface area contributed by atoms with E-state index < -0.39 is 0 Å². The van der Waals surface area contributed by atoms with Crippen LogP contribution in [-0.4, -0.2) is 15.5 Å². The molecule has 0 aromatic carbocycles. The van der Waals surface area contributed by atoms with E-state index in [1.54, 1.807) is 0 Å². The maximum atomic E-state index is 5.36. The minimum Gasteiger partial charge on any atom is -0.365 e. The van der Waals surface area contributed by atoms with E-state index in [-0.39, 0.29) is 5.54 Å². The second kappa shape index (κ2) is 3.66. The summed E-state index contributed by atoms with van der Waals surface area (Å²) < 4.78 is 0. The maximum Gasteiger partial charge on any atom is 0.148 e. The van der Waals surface area contributed by atoms with Gasteiger partial charge in [-0.15, -0.1) is 0 Å². The van der Waals surface area contributed by atoms with E-state index in [0.717, 1.165) is 11.4 Å². The van der Waals surface area contributed by atoms with E-state index in [0.29, 0.717) is 5.82 Å². The Hall–Kier alpha value is -1.36. The molecule has 5 heteroatoms. The number of rotatable bonds is 3. The van der Waals surface area contributed by atoms with Crippen LogP contribution in [-0.2, 0) is 0 Å². The highest BCUT2D eigenvalue weighted by Gasteiger charge is 2.32. The van der Waals surface area contributed by atoms with Crippen LogP contribution in [0.4, 0.5) is 11.6 Å². The summed E-state index contributed by atoms with van der Waals surface area (Å²) in [4.78, 5) is 8.28. The van der Waals surface area contributed by atoms with E-state index >= 15 is 0 Å². The predicted octanol–water partition coefficient (Wildman–Crippen LogP) is 1.43. The van der Waals surface area contributed by atoms with Gasteiger partial charge in [-0.05, 0) is 33.1 Å². The Morgan fingerprint density at radius 1 is 1.33 bits per heavy atom. The molecule has 0 aliphatic heterocycles. The lowest BCUT2D eigenvalue weighted by Gasteiger charge is -2.40. The van der Waals surface area contributed by atoms with Gasteiger partial charge in [0.05, 0.1) is 0 Å². The van der Waals surface area contributed by atoms with E-state index in [1.807, 2.05) is 6.92 Å². The molecule has 1 fully saturated rings. The fourth-order valence-electron chi connectivity index (χ4n) is 1.84. The fraction of sp³-hybridized carbons (Fsp3) is 0.600. The number of anilines is 2. The Morgan fingerprint density at radius 2 is 2.00 bits per heavy atom. The van der Waals surface area contributed by atoms with E-state index in [9.17, 15) is 0 Å². The Bertz CT molecular complexity index is 359. The number of nitrogen functional groups attached to an aromatic ring is 1. The second-order valence-corrected chi connectivity index (χ2v) is 4.38. The summed E-state index contributed by atoms with van der Waals surface area (Å²) >= 11 is 0. The van der Waals surface area contributed by atoms with Crippen molar-refractivity contribution < 1.29 is 0 Å². The molecule has 2 rings (SSSR count). The van der Waals surface area contributed by atoms with Crippen LogP contribution in [0.1, 0.15) is 31.7 Å². The summed E-state index contributed by atoms with van der Waals surface area (Å²) in [5.41, 5.74) is 3.73. The monoisotopic (exact) mass is 207 g/mol. The predicted molar refractivity (Wildman–Crippen MR) is 60.5 cm³/mol. The van der Waals surface area contributed by atoms with Crippen LogP contribution in [0.15, 0.2) is 6.33 Å². The molecule has 1 aliphatic rings. The summed E-state index contributed by atoms with van der Waals surface area (Å²) in [6.45, 7) is 4.17. The van der Waals surface area contributed by atoms with Gasteiger partial charge in [-0.25, -0.2) is 15.8 Å². The Labute approximate surface area is 89.5 Å². The lowest BCUT2D eigenvalue weighted by Crippen LogP contribution is -2.42. The van der Waals surface area contributed by atoms with Crippen molar-refractivity contribution in [1.29, 1.82) is 0 Å². The minimum atomic E-state index is 0.199. The molecule has 0 spiro atoms. The zero-order chi connectivity index (χ0) is 10.9. The van der Waals surface area contributed by atoms with Crippen molar-refractivity contribution >= 4 is 11.6 Å². The lowest BCUT2D eigenvalue weighted by atomic mass is 9.78. The van der Waals surface area contributed by atoms with Gasteiger partial charge in [0.1, 0.15) is 18.0 Å². The largest absolute Gasteiger partial charge is 0.365 e. The van der Waals surface area contributed by atoms with Crippen LogP contribution in [0.2, 0.25) is 0 Å². The highest BCUT2D eigenvalue weighted by atomic mass is 15.3. The first kappa shape index (κ1) is 10.2. The highest BCUT2D eigenvalue weighted by molar-refractivity contribution is 5.57. The summed E-state index contributed by atoms with van der Waals surface area (Å²) in [6, 6.07) is 0. The molecule has 0 atom stereocenters. The third kappa shape index (κ3) is 1.87. The second-order valence-electron chi connectivity index (χ2n) is 4.38. The quantitative estimate of drug-likeness (QED) is 0.516. The first-order valence-corrected chi connectivity index (χ1v) is 5.21. The molecule has 0 bridgehead atoms. The lowest BCUT2D eigenvalue weighted by molar-refractivity contribution is 0.305. The number of aromatic nitrogens is 2. The Balaban J connectivity index is 2.20. The smallest absolute Gasteiger partial charge is 0.148 e. The van der Waals surface area contributed by atoms with Crippen molar-refractivity contribution in [2.24, 2.45) is 5.84 Å². The van der Waals surface area contributed by atoms with Crippen molar-refractivity contribution in [3.8, 4) is 0 Å². The third-order valence-electron chi connectivity index (χ3n) is 3.10. The third-order valence-corrected chi connectivity index (χ3v) is 3.10. The van der Waals surface area contributed by atoms with Crippen molar-refractivity contribution in [1.82, 2.24) is 9.97 Å². The number of hydrazine groups is 1. The molecule has 0 unspecified atom stereocenters. The molecular formula is C10H17N5. The minimum absolute atomic E-state index is 0.199. The van der Waals surface area contributed by atoms with Gasteiger partial charge < -0.3 is 10.7 Å². The number of nitrogens with zero attached hydrogens (tertiary/aromatic N) is 2. The van der Waals surface area contributed by atoms with Gasteiger partial charge in [-0.1, -0.05) is 0 Å². The molecule has 0 saturated heterocycles. The first-order chi connectivity index (χ1) is 7.14. The van der Waals surface area contributed by atoms with Crippen molar-refractivity contribution in [2.45, 2.75) is 38.6 Å². The average molecular weight is 207 g/mol. The zero-order valence-electron chi connectivity index (χ0n) is 9.17. The average Bonchev–Trinajstić information content (AvgIpc) is 2.19. The summed E-state index contributed by atoms with van der Waals surface area (Å²) in [5, 5.41) is 3.45. The van der Waals surface area contributed by atoms with E-state index in [2.05, 4.69) is 27.6 Å². The first-order valence-electron chi connectivity index (χ1n) is 5.21. The highest BCUT2D eigenvalue weighted by Crippen LogP contribution is 2.35. The van der Waals surface area contributed by atoms with Crippen molar-refractivity contribution in [3.05, 3.63) is 11.9 Å². The van der Waals surface area contributed by atoms with Crippen LogP contribution in [0.5, 0.6) is 0 Å². The molecule has 1 aromatic rings. The van der Waals surface area contributed by atoms with Gasteiger partial charge in [-0.2, -0.15) is 0 Å². The van der Waals surface area contributed by atoms with Crippen LogP contribution in [0.25, 0.3) is 0 Å². The number of hydrogen-bond donors (Lipinski definition) is 3. The van der Waals surface area contributed by atoms with E-state index in [1.165, 1.54) is 25.6 Å². The molecule has 1 heterocycles. The summed E-state index contributed by atoms with van der Waals surface area (Å²) in [5.74, 6) is 6.91. The van der Waals surface area contributed by atoms with Crippen molar-refractivity contribution in [3.63, 3.8) is 0 Å². The molecular weight excluding hydrogens is 190 g/mol. The van der Waals surface area contributed by atoms with Crippen molar-refractivity contribution in [2.75, 3.05) is 10.7 Å². The van der Waals surface area contributed by atoms with Gasteiger partial charge in [0.25, 0.3) is 0 Å². The molecule has 5 nitrogen and oxygen atoms in total. The molecule has 1 saturated carbocycles. The van der Waals surface area contributed by atoms with Gasteiger partial charge in [0, 0.05) is 11.1 Å². The molecule has 0 amide bonds. The summed E-state index contributed by atoms with van der Waals surface area (Å²) in [7, 11) is 0. The van der Waals surface area contributed by atoms with Crippen LogP contribution in [0, 0.1) is 6.92 Å². The molecule has 0 radical (unpaired) electrons. The van der Waals surface area contributed by atoms with Gasteiger partial charge >= 0.3 is 0 Å². The van der Waals surface area contributed by atoms with Crippen LogP contribution >= 0.6 is 0 Å². The SMILES string of the molecule is Cc1c(NN)ncnc1NC1(C)CCC1. The summed E-state index contributed by atoms with van der Waals surface area (Å²) in [6.07, 6.45) is 5.20. The molecule has 82 valence electrons. The fourth-order valence-corrected chi connectivity index (χ4v) is 1.84. The van der Waals surface area contributed by atoms with Crippen LogP contribution in [0.3, 0.4) is 0 Å². The molecule has 15 heavy (non-hydrogen) atoms. The number of nitrogens with two attached hydrogens (primary N) is 1. The maximum absolute atomic E-state index is 5.36. The zero-order valence-corrected chi connectivity index (χ0v) is 9.17. The molecule has 4 N–H and O–H groups in total. The van der Waals surface area contributed by atoms with E-state index in [4.69, 9.17) is 5.84 Å².